The molecule has 3 nitrogen and oxygen atoms in total. The highest BCUT2D eigenvalue weighted by Gasteiger charge is 1.99. The van der Waals surface area contributed by atoms with Gasteiger partial charge in [0.2, 0.25) is 0 Å². The molecule has 0 saturated carbocycles. The van der Waals surface area contributed by atoms with Crippen molar-refractivity contribution in [1.82, 2.24) is 5.32 Å². The summed E-state index contributed by atoms with van der Waals surface area (Å²) in [6.07, 6.45) is 0. The molecular formula is C9H10N2OS3. The van der Waals surface area contributed by atoms with Crippen molar-refractivity contribution in [3.63, 3.8) is 0 Å². The van der Waals surface area contributed by atoms with Gasteiger partial charge in [-0.05, 0) is 30.0 Å². The van der Waals surface area contributed by atoms with Gasteiger partial charge in [0.15, 0.2) is 4.32 Å². The van der Waals surface area contributed by atoms with Gasteiger partial charge in [0.05, 0.1) is 0 Å². The van der Waals surface area contributed by atoms with Gasteiger partial charge in [-0.15, -0.1) is 0 Å². The van der Waals surface area contributed by atoms with Crippen LogP contribution in [0.3, 0.4) is 0 Å². The van der Waals surface area contributed by atoms with Crippen molar-refractivity contribution in [3.05, 3.63) is 35.9 Å². The van der Waals surface area contributed by atoms with Crippen LogP contribution in [0.4, 0.5) is 0 Å². The Labute approximate surface area is 104 Å². The Hall–Kier alpha value is -0.850. The smallest absolute Gasteiger partial charge is 0.270 e. The van der Waals surface area contributed by atoms with E-state index in [4.69, 9.17) is 22.1 Å². The summed E-state index contributed by atoms with van der Waals surface area (Å²) in [6, 6.07) is 9.88. The quantitative estimate of drug-likeness (QED) is 0.625. The minimum atomic E-state index is 0.207. The summed E-state index contributed by atoms with van der Waals surface area (Å²) in [7, 11) is 0. The molecule has 1 rings (SSSR count). The highest BCUT2D eigenvalue weighted by molar-refractivity contribution is 8.20. The van der Waals surface area contributed by atoms with E-state index in [9.17, 15) is 0 Å². The summed E-state index contributed by atoms with van der Waals surface area (Å²) in [5, 5.41) is 3.20. The summed E-state index contributed by atoms with van der Waals surface area (Å²) in [5.74, 6) is 0. The third-order valence-corrected chi connectivity index (χ3v) is 2.43. The van der Waals surface area contributed by atoms with Crippen molar-refractivity contribution in [3.8, 4) is 0 Å². The van der Waals surface area contributed by atoms with Gasteiger partial charge in [-0.25, -0.2) is 0 Å². The molecule has 0 atom stereocenters. The average molecular weight is 258 g/mol. The van der Waals surface area contributed by atoms with Gasteiger partial charge in [-0.3, -0.25) is 0 Å². The molecule has 0 aliphatic heterocycles. The van der Waals surface area contributed by atoms with Crippen LogP contribution in [-0.2, 0) is 10.7 Å². The first-order valence-electron chi connectivity index (χ1n) is 4.14. The highest BCUT2D eigenvalue weighted by Crippen LogP contribution is 2.03. The molecule has 0 spiro atoms. The summed E-state index contributed by atoms with van der Waals surface area (Å²) in [6.45, 7) is 0.623. The molecule has 6 heteroatoms. The normalized spacial score (nSPS) is 9.33. The van der Waals surface area contributed by atoms with Crippen molar-refractivity contribution >= 4 is 46.0 Å². The second kappa shape index (κ2) is 6.60. The Morgan fingerprint density at radius 1 is 1.33 bits per heavy atom. The molecular weight excluding hydrogens is 248 g/mol. The average Bonchev–Trinajstić information content (AvgIpc) is 2.25. The maximum Gasteiger partial charge on any atom is 0.270 e. The Kier molecular flexibility index (Phi) is 5.38. The summed E-state index contributed by atoms with van der Waals surface area (Å²) < 4.78 is 5.20. The molecule has 0 aliphatic rings. The molecule has 0 saturated heterocycles. The molecule has 0 aliphatic carbocycles. The maximum absolute atomic E-state index is 5.23. The van der Waals surface area contributed by atoms with Crippen molar-refractivity contribution in [2.45, 2.75) is 6.54 Å². The fourth-order valence-electron chi connectivity index (χ4n) is 0.878. The Morgan fingerprint density at radius 2 is 2.00 bits per heavy atom. The highest BCUT2D eigenvalue weighted by atomic mass is 32.2. The molecule has 0 heterocycles. The molecule has 0 bridgehead atoms. The predicted octanol–water partition coefficient (Wildman–Crippen LogP) is 1.97. The first-order chi connectivity index (χ1) is 7.18. The van der Waals surface area contributed by atoms with E-state index in [-0.39, 0.29) is 9.50 Å². The topological polar surface area (TPSA) is 47.3 Å². The van der Waals surface area contributed by atoms with E-state index in [1.165, 1.54) is 0 Å². The first-order valence-corrected chi connectivity index (χ1v) is 5.70. The first kappa shape index (κ1) is 12.2. The number of thiocarbonyl (C=S) groups is 2. The SMILES string of the molecule is NC(=S)SOC(=S)NCc1ccccc1. The molecule has 1 aromatic carbocycles. The van der Waals surface area contributed by atoms with Gasteiger partial charge in [0, 0.05) is 6.54 Å². The molecule has 0 fully saturated rings. The molecule has 1 aromatic rings. The molecule has 0 aromatic heterocycles. The number of hydrogen-bond acceptors (Lipinski definition) is 4. The third kappa shape index (κ3) is 5.56. The minimum absolute atomic E-state index is 0.207. The lowest BCUT2D eigenvalue weighted by atomic mass is 10.2. The lowest BCUT2D eigenvalue weighted by molar-refractivity contribution is 0.619. The van der Waals surface area contributed by atoms with Gasteiger partial charge in [-0.1, -0.05) is 30.3 Å². The van der Waals surface area contributed by atoms with Gasteiger partial charge in [-0.2, -0.15) is 0 Å². The Morgan fingerprint density at radius 3 is 2.60 bits per heavy atom. The van der Waals surface area contributed by atoms with E-state index in [0.29, 0.717) is 6.54 Å². The largest absolute Gasteiger partial charge is 0.390 e. The fraction of sp³-hybridized carbons (Fsp3) is 0.111. The molecule has 3 N–H and O–H groups in total. The van der Waals surface area contributed by atoms with Crippen molar-refractivity contribution < 1.29 is 4.18 Å². The van der Waals surface area contributed by atoms with Crippen LogP contribution in [0.25, 0.3) is 0 Å². The van der Waals surface area contributed by atoms with Crippen LogP contribution in [0.1, 0.15) is 5.56 Å². The van der Waals surface area contributed by atoms with Gasteiger partial charge < -0.3 is 15.2 Å². The molecule has 0 unspecified atom stereocenters. The number of nitrogens with one attached hydrogen (secondary N) is 1. The second-order valence-electron chi connectivity index (χ2n) is 2.61. The van der Waals surface area contributed by atoms with Gasteiger partial charge in [0.1, 0.15) is 12.0 Å². The molecule has 80 valence electrons. The predicted molar refractivity (Wildman–Crippen MR) is 71.3 cm³/mol. The van der Waals surface area contributed by atoms with E-state index < -0.39 is 0 Å². The lowest BCUT2D eigenvalue weighted by Crippen LogP contribution is -2.22. The summed E-state index contributed by atoms with van der Waals surface area (Å²) in [4.78, 5) is 0. The zero-order chi connectivity index (χ0) is 11.1. The third-order valence-electron chi connectivity index (χ3n) is 1.48. The van der Waals surface area contributed by atoms with Crippen molar-refractivity contribution in [2.24, 2.45) is 5.73 Å². The number of hydrogen-bond donors (Lipinski definition) is 2. The van der Waals surface area contributed by atoms with E-state index in [0.717, 1.165) is 17.6 Å². The monoisotopic (exact) mass is 258 g/mol. The van der Waals surface area contributed by atoms with E-state index in [1.807, 2.05) is 30.3 Å². The molecule has 0 amide bonds. The van der Waals surface area contributed by atoms with Crippen LogP contribution in [-0.4, -0.2) is 9.50 Å². The van der Waals surface area contributed by atoms with Crippen LogP contribution in [0.5, 0.6) is 0 Å². The van der Waals surface area contributed by atoms with Crippen molar-refractivity contribution in [1.29, 1.82) is 0 Å². The van der Waals surface area contributed by atoms with Gasteiger partial charge in [0.25, 0.3) is 5.17 Å². The van der Waals surface area contributed by atoms with Crippen LogP contribution in [0.15, 0.2) is 30.3 Å². The zero-order valence-electron chi connectivity index (χ0n) is 7.80. The van der Waals surface area contributed by atoms with Crippen LogP contribution in [0, 0.1) is 0 Å². The minimum Gasteiger partial charge on any atom is -0.390 e. The van der Waals surface area contributed by atoms with E-state index in [2.05, 4.69) is 17.5 Å². The van der Waals surface area contributed by atoms with Crippen LogP contribution in [0.2, 0.25) is 0 Å². The summed E-state index contributed by atoms with van der Waals surface area (Å²) >= 11 is 10.4. The molecule has 15 heavy (non-hydrogen) atoms. The number of benzene rings is 1. The van der Waals surface area contributed by atoms with Crippen LogP contribution < -0.4 is 11.1 Å². The number of nitrogens with two attached hydrogens (primary N) is 1. The second-order valence-corrected chi connectivity index (χ2v) is 4.45. The fourth-order valence-corrected chi connectivity index (χ4v) is 1.37. The standard InChI is InChI=1S/C9H10N2OS3/c10-8(13)15-12-9(14)11-6-7-4-2-1-3-5-7/h1-5H,6H2,(H2,10,13)(H,11,14). The van der Waals surface area contributed by atoms with E-state index >= 15 is 0 Å². The van der Waals surface area contributed by atoms with Crippen molar-refractivity contribution in [2.75, 3.05) is 0 Å². The Balaban J connectivity index is 2.26. The number of rotatable bonds is 2. The molecule has 0 radical (unpaired) electrons. The van der Waals surface area contributed by atoms with Gasteiger partial charge >= 0.3 is 0 Å². The maximum atomic E-state index is 5.23. The summed E-state index contributed by atoms with van der Waals surface area (Å²) in [5.41, 5.74) is 6.36. The van der Waals surface area contributed by atoms with E-state index in [1.54, 1.807) is 0 Å². The zero-order valence-corrected chi connectivity index (χ0v) is 10.3. The lowest BCUT2D eigenvalue weighted by Gasteiger charge is -2.06. The van der Waals surface area contributed by atoms with Crippen LogP contribution >= 0.6 is 36.5 Å². The Bertz CT molecular complexity index is 342.